The third-order valence-electron chi connectivity index (χ3n) is 6.21. The number of anilines is 1. The van der Waals surface area contributed by atoms with Gasteiger partial charge >= 0.3 is 0 Å². The molecule has 3 aromatic rings. The Labute approximate surface area is 199 Å². The number of likely N-dealkylation sites (tertiary alicyclic amines) is 1. The first-order chi connectivity index (χ1) is 16.6. The van der Waals surface area contributed by atoms with Crippen LogP contribution >= 0.6 is 0 Å². The van der Waals surface area contributed by atoms with E-state index in [1.165, 1.54) is 0 Å². The van der Waals surface area contributed by atoms with Crippen molar-refractivity contribution in [2.75, 3.05) is 38.6 Å². The number of fused-ring (bicyclic) bond motifs is 1. The zero-order chi connectivity index (χ0) is 23.9. The molecule has 0 saturated carbocycles. The predicted octanol–water partition coefficient (Wildman–Crippen LogP) is 2.84. The van der Waals surface area contributed by atoms with E-state index in [4.69, 9.17) is 10.00 Å². The fraction of sp³-hybridized carbons (Fsp3) is 0.346. The number of hydrogen-bond donors (Lipinski definition) is 3. The summed E-state index contributed by atoms with van der Waals surface area (Å²) < 4.78 is 5.33. The highest BCUT2D eigenvalue weighted by molar-refractivity contribution is 5.92. The number of pyridine rings is 1. The molecule has 8 nitrogen and oxygen atoms in total. The number of piperidine rings is 1. The molecule has 176 valence electrons. The Balaban J connectivity index is 1.24. The van der Waals surface area contributed by atoms with Gasteiger partial charge in [-0.15, -0.1) is 0 Å². The maximum Gasteiger partial charge on any atom is 0.238 e. The van der Waals surface area contributed by atoms with Crippen LogP contribution in [0.1, 0.15) is 30.1 Å². The molecule has 1 aromatic heterocycles. The third-order valence-corrected chi connectivity index (χ3v) is 6.21. The summed E-state index contributed by atoms with van der Waals surface area (Å²) in [5.41, 5.74) is 2.92. The Hall–Kier alpha value is -3.51. The first kappa shape index (κ1) is 23.6. The minimum Gasteiger partial charge on any atom is -0.497 e. The van der Waals surface area contributed by atoms with E-state index in [2.05, 4.69) is 26.6 Å². The maximum absolute atomic E-state index is 12.2. The van der Waals surface area contributed by atoms with Gasteiger partial charge in [0.05, 0.1) is 36.9 Å². The molecule has 4 rings (SSSR count). The highest BCUT2D eigenvalue weighted by Crippen LogP contribution is 2.27. The largest absolute Gasteiger partial charge is 0.497 e. The molecule has 8 heteroatoms. The van der Waals surface area contributed by atoms with Crippen LogP contribution in [0.2, 0.25) is 0 Å². The SMILES string of the molecule is COc1ccc2nccc([C@@H](O)CN3CCC(NCC(=O)Nc4ccc(C#N)cc4)CC3)c2c1. The fourth-order valence-electron chi connectivity index (χ4n) is 4.30. The number of nitrogens with one attached hydrogen (secondary N) is 2. The summed E-state index contributed by atoms with van der Waals surface area (Å²) in [4.78, 5) is 18.9. The van der Waals surface area contributed by atoms with Gasteiger partial charge in [0.25, 0.3) is 0 Å². The van der Waals surface area contributed by atoms with Gasteiger partial charge in [-0.1, -0.05) is 0 Å². The fourth-order valence-corrected chi connectivity index (χ4v) is 4.30. The van der Waals surface area contributed by atoms with Gasteiger partial charge < -0.3 is 25.4 Å². The average molecular weight is 460 g/mol. The summed E-state index contributed by atoms with van der Waals surface area (Å²) in [6, 6.07) is 16.7. The summed E-state index contributed by atoms with van der Waals surface area (Å²) >= 11 is 0. The van der Waals surface area contributed by atoms with Gasteiger partial charge in [-0.05, 0) is 80.0 Å². The molecule has 0 aliphatic carbocycles. The molecule has 0 spiro atoms. The lowest BCUT2D eigenvalue weighted by molar-refractivity contribution is -0.115. The second-order valence-electron chi connectivity index (χ2n) is 8.49. The molecule has 1 fully saturated rings. The number of benzene rings is 2. The van der Waals surface area contributed by atoms with Crippen LogP contribution in [0.4, 0.5) is 5.69 Å². The lowest BCUT2D eigenvalue weighted by atomic mass is 10.0. The molecule has 0 radical (unpaired) electrons. The third kappa shape index (κ3) is 5.88. The van der Waals surface area contributed by atoms with Crippen LogP contribution in [0.3, 0.4) is 0 Å². The lowest BCUT2D eigenvalue weighted by Gasteiger charge is -2.33. The number of ether oxygens (including phenoxy) is 1. The van der Waals surface area contributed by atoms with E-state index in [0.717, 1.165) is 48.1 Å². The molecule has 0 unspecified atom stereocenters. The van der Waals surface area contributed by atoms with Crippen LogP contribution in [0.25, 0.3) is 10.9 Å². The maximum atomic E-state index is 12.2. The number of aliphatic hydroxyl groups is 1. The van der Waals surface area contributed by atoms with Crippen molar-refractivity contribution in [2.24, 2.45) is 0 Å². The summed E-state index contributed by atoms with van der Waals surface area (Å²) in [7, 11) is 1.63. The monoisotopic (exact) mass is 459 g/mol. The van der Waals surface area contributed by atoms with Crippen molar-refractivity contribution in [1.82, 2.24) is 15.2 Å². The molecular weight excluding hydrogens is 430 g/mol. The number of nitrogens with zero attached hydrogens (tertiary/aromatic N) is 3. The molecular formula is C26H29N5O3. The molecule has 2 aromatic carbocycles. The van der Waals surface area contributed by atoms with Gasteiger partial charge in [0.2, 0.25) is 5.91 Å². The van der Waals surface area contributed by atoms with Crippen LogP contribution in [0.15, 0.2) is 54.7 Å². The number of aliphatic hydroxyl groups excluding tert-OH is 1. The number of hydrogen-bond acceptors (Lipinski definition) is 7. The highest BCUT2D eigenvalue weighted by Gasteiger charge is 2.23. The summed E-state index contributed by atoms with van der Waals surface area (Å²) in [5, 5.41) is 26.9. The molecule has 1 atom stereocenters. The number of β-amino-alcohol motifs (C(OH)–C–C–N with tert-alkyl or cyclic N) is 1. The predicted molar refractivity (Wildman–Crippen MR) is 131 cm³/mol. The topological polar surface area (TPSA) is 111 Å². The van der Waals surface area contributed by atoms with E-state index >= 15 is 0 Å². The van der Waals surface area contributed by atoms with E-state index in [1.54, 1.807) is 37.6 Å². The number of amides is 1. The first-order valence-electron chi connectivity index (χ1n) is 11.4. The normalized spacial score (nSPS) is 15.6. The summed E-state index contributed by atoms with van der Waals surface area (Å²) in [5.74, 6) is 0.631. The van der Waals surface area contributed by atoms with E-state index in [9.17, 15) is 9.90 Å². The van der Waals surface area contributed by atoms with Crippen molar-refractivity contribution in [2.45, 2.75) is 25.0 Å². The Morgan fingerprint density at radius 1 is 1.24 bits per heavy atom. The number of carbonyl (C=O) groups excluding carboxylic acids is 1. The van der Waals surface area contributed by atoms with Crippen LogP contribution in [0.5, 0.6) is 5.75 Å². The molecule has 34 heavy (non-hydrogen) atoms. The van der Waals surface area contributed by atoms with Crippen LogP contribution in [-0.2, 0) is 4.79 Å². The van der Waals surface area contributed by atoms with Crippen molar-refractivity contribution in [1.29, 1.82) is 5.26 Å². The summed E-state index contributed by atoms with van der Waals surface area (Å²) in [6.45, 7) is 2.47. The van der Waals surface area contributed by atoms with Gasteiger partial charge in [-0.25, -0.2) is 0 Å². The molecule has 1 aliphatic rings. The van der Waals surface area contributed by atoms with E-state index in [-0.39, 0.29) is 18.5 Å². The van der Waals surface area contributed by atoms with Crippen molar-refractivity contribution in [3.63, 3.8) is 0 Å². The van der Waals surface area contributed by atoms with Gasteiger partial charge in [-0.3, -0.25) is 9.78 Å². The van der Waals surface area contributed by atoms with Crippen LogP contribution in [-0.4, -0.2) is 60.2 Å². The van der Waals surface area contributed by atoms with E-state index < -0.39 is 6.10 Å². The number of nitriles is 1. The lowest BCUT2D eigenvalue weighted by Crippen LogP contribution is -2.45. The second kappa shape index (κ2) is 11.1. The van der Waals surface area contributed by atoms with Gasteiger partial charge in [-0.2, -0.15) is 5.26 Å². The molecule has 1 amide bonds. The Morgan fingerprint density at radius 3 is 2.71 bits per heavy atom. The zero-order valence-corrected chi connectivity index (χ0v) is 19.2. The molecule has 3 N–H and O–H groups in total. The van der Waals surface area contributed by atoms with Gasteiger partial charge in [0, 0.05) is 29.9 Å². The Morgan fingerprint density at radius 2 is 2.00 bits per heavy atom. The van der Waals surface area contributed by atoms with Gasteiger partial charge in [0.1, 0.15) is 5.75 Å². The van der Waals surface area contributed by atoms with Crippen LogP contribution < -0.4 is 15.4 Å². The minimum absolute atomic E-state index is 0.109. The Bertz CT molecular complexity index is 1170. The van der Waals surface area contributed by atoms with Crippen molar-refractivity contribution < 1.29 is 14.6 Å². The van der Waals surface area contributed by atoms with Crippen molar-refractivity contribution >= 4 is 22.5 Å². The van der Waals surface area contributed by atoms with Gasteiger partial charge in [0.15, 0.2) is 0 Å². The molecule has 1 aliphatic heterocycles. The molecule has 0 bridgehead atoms. The standard InChI is InChI=1S/C26H29N5O3/c1-34-21-6-7-24-23(14-21)22(8-11-28-24)25(32)17-31-12-9-19(10-13-31)29-16-26(33)30-20-4-2-18(15-27)3-5-20/h2-8,11,14,19,25,29,32H,9-10,12-13,16-17H2,1H3,(H,30,33)/t25-/m0/s1. The second-order valence-corrected chi connectivity index (χ2v) is 8.49. The summed E-state index contributed by atoms with van der Waals surface area (Å²) in [6.07, 6.45) is 2.91. The number of aromatic nitrogens is 1. The number of methoxy groups -OCH3 is 1. The highest BCUT2D eigenvalue weighted by atomic mass is 16.5. The van der Waals surface area contributed by atoms with E-state index in [1.807, 2.05) is 24.3 Å². The average Bonchev–Trinajstić information content (AvgIpc) is 2.88. The Kier molecular flexibility index (Phi) is 7.70. The number of carbonyl (C=O) groups is 1. The first-order valence-corrected chi connectivity index (χ1v) is 11.4. The molecule has 1 saturated heterocycles. The quantitative estimate of drug-likeness (QED) is 0.475. The smallest absolute Gasteiger partial charge is 0.238 e. The van der Waals surface area contributed by atoms with Crippen LogP contribution in [0, 0.1) is 11.3 Å². The van der Waals surface area contributed by atoms with Crippen molar-refractivity contribution in [3.05, 3.63) is 65.9 Å². The van der Waals surface area contributed by atoms with E-state index in [0.29, 0.717) is 17.8 Å². The molecule has 2 heterocycles. The zero-order valence-electron chi connectivity index (χ0n) is 19.2. The minimum atomic E-state index is -0.625. The van der Waals surface area contributed by atoms with Crippen molar-refractivity contribution in [3.8, 4) is 11.8 Å². The number of rotatable bonds is 8.